The first-order valence-corrected chi connectivity index (χ1v) is 6.68. The maximum absolute atomic E-state index is 12.1. The molecule has 1 amide bonds. The number of hydrogen-bond acceptors (Lipinski definition) is 3. The molecule has 4 heteroatoms. The Kier molecular flexibility index (Phi) is 3.92. The van der Waals surface area contributed by atoms with Gasteiger partial charge in [0.1, 0.15) is 6.04 Å². The first kappa shape index (κ1) is 14.0. The summed E-state index contributed by atoms with van der Waals surface area (Å²) in [7, 11) is 0. The van der Waals surface area contributed by atoms with Crippen molar-refractivity contribution in [3.8, 4) is 0 Å². The molecule has 1 heterocycles. The number of rotatable bonds is 5. The van der Waals surface area contributed by atoms with Gasteiger partial charge in [-0.15, -0.1) is 0 Å². The summed E-state index contributed by atoms with van der Waals surface area (Å²) in [6, 6.07) is 10.4. The SMILES string of the molecule is C[C@H](c1ccccc1)N1C[C@@H]1C(=O)NC(C)(C)CO. The molecule has 0 saturated carbocycles. The lowest BCUT2D eigenvalue weighted by Crippen LogP contribution is -2.48. The summed E-state index contributed by atoms with van der Waals surface area (Å²) >= 11 is 0. The fourth-order valence-electron chi connectivity index (χ4n) is 2.19. The van der Waals surface area contributed by atoms with E-state index in [-0.39, 0.29) is 24.6 Å². The summed E-state index contributed by atoms with van der Waals surface area (Å²) in [6.45, 7) is 6.47. The van der Waals surface area contributed by atoms with Gasteiger partial charge < -0.3 is 10.4 Å². The number of carbonyl (C=O) groups excluding carboxylic acids is 1. The van der Waals surface area contributed by atoms with Gasteiger partial charge in [-0.2, -0.15) is 0 Å². The van der Waals surface area contributed by atoms with Gasteiger partial charge in [-0.05, 0) is 26.3 Å². The standard InChI is InChI=1S/C15H22N2O2/c1-11(12-7-5-4-6-8-12)17-9-13(17)14(19)16-15(2,3)10-18/h4-8,11,13,18H,9-10H2,1-3H3,(H,16,19)/t11-,13-,17?/m1/s1. The van der Waals surface area contributed by atoms with E-state index in [4.69, 9.17) is 5.11 Å². The minimum atomic E-state index is -0.554. The third-order valence-electron chi connectivity index (χ3n) is 3.59. The summed E-state index contributed by atoms with van der Waals surface area (Å²) in [5.74, 6) is 0.00170. The van der Waals surface area contributed by atoms with Crippen LogP contribution in [0, 0.1) is 0 Å². The van der Waals surface area contributed by atoms with E-state index >= 15 is 0 Å². The van der Waals surface area contributed by atoms with E-state index in [0.29, 0.717) is 0 Å². The van der Waals surface area contributed by atoms with Crippen molar-refractivity contribution in [2.75, 3.05) is 13.2 Å². The van der Waals surface area contributed by atoms with Crippen molar-refractivity contribution in [2.45, 2.75) is 38.4 Å². The Labute approximate surface area is 114 Å². The summed E-state index contributed by atoms with van der Waals surface area (Å²) in [5, 5.41) is 12.0. The van der Waals surface area contributed by atoms with Crippen molar-refractivity contribution >= 4 is 5.91 Å². The van der Waals surface area contributed by atoms with Crippen LogP contribution in [-0.4, -0.2) is 40.6 Å². The zero-order valence-corrected chi connectivity index (χ0v) is 11.8. The molecule has 0 spiro atoms. The van der Waals surface area contributed by atoms with E-state index in [1.54, 1.807) is 0 Å². The zero-order valence-electron chi connectivity index (χ0n) is 11.8. The van der Waals surface area contributed by atoms with Crippen molar-refractivity contribution in [2.24, 2.45) is 0 Å². The van der Waals surface area contributed by atoms with Gasteiger partial charge in [-0.1, -0.05) is 30.3 Å². The highest BCUT2D eigenvalue weighted by molar-refractivity contribution is 5.85. The van der Waals surface area contributed by atoms with Crippen LogP contribution in [0.5, 0.6) is 0 Å². The summed E-state index contributed by atoms with van der Waals surface area (Å²) in [4.78, 5) is 14.2. The second-order valence-electron chi connectivity index (χ2n) is 5.83. The highest BCUT2D eigenvalue weighted by Crippen LogP contribution is 2.31. The number of nitrogens with zero attached hydrogens (tertiary/aromatic N) is 1. The molecule has 4 nitrogen and oxygen atoms in total. The average Bonchev–Trinajstić information content (AvgIpc) is 3.19. The lowest BCUT2D eigenvalue weighted by atomic mass is 10.1. The van der Waals surface area contributed by atoms with E-state index < -0.39 is 5.54 Å². The third-order valence-corrected chi connectivity index (χ3v) is 3.59. The van der Waals surface area contributed by atoms with Crippen LogP contribution in [0.2, 0.25) is 0 Å². The Morgan fingerprint density at radius 1 is 1.47 bits per heavy atom. The summed E-state index contributed by atoms with van der Waals surface area (Å²) in [6.07, 6.45) is 0. The van der Waals surface area contributed by atoms with Gasteiger partial charge in [0.25, 0.3) is 0 Å². The molecule has 0 radical (unpaired) electrons. The quantitative estimate of drug-likeness (QED) is 0.787. The normalized spacial score (nSPS) is 23.8. The van der Waals surface area contributed by atoms with Gasteiger partial charge in [0.15, 0.2) is 0 Å². The second-order valence-corrected chi connectivity index (χ2v) is 5.83. The van der Waals surface area contributed by atoms with E-state index in [0.717, 1.165) is 6.54 Å². The Morgan fingerprint density at radius 2 is 2.11 bits per heavy atom. The van der Waals surface area contributed by atoms with Crippen LogP contribution in [-0.2, 0) is 4.79 Å². The molecule has 1 aliphatic rings. The number of benzene rings is 1. The van der Waals surface area contributed by atoms with Crippen LogP contribution in [0.1, 0.15) is 32.4 Å². The van der Waals surface area contributed by atoms with Gasteiger partial charge >= 0.3 is 0 Å². The van der Waals surface area contributed by atoms with Crippen molar-refractivity contribution in [1.29, 1.82) is 0 Å². The number of carbonyl (C=O) groups is 1. The number of amides is 1. The van der Waals surface area contributed by atoms with Crippen LogP contribution < -0.4 is 5.32 Å². The maximum atomic E-state index is 12.1. The molecule has 0 aromatic heterocycles. The minimum Gasteiger partial charge on any atom is -0.394 e. The second kappa shape index (κ2) is 5.31. The molecule has 2 rings (SSSR count). The van der Waals surface area contributed by atoms with Gasteiger partial charge in [0.05, 0.1) is 12.1 Å². The van der Waals surface area contributed by atoms with E-state index in [1.165, 1.54) is 5.56 Å². The highest BCUT2D eigenvalue weighted by Gasteiger charge is 2.44. The van der Waals surface area contributed by atoms with E-state index in [2.05, 4.69) is 29.3 Å². The molecule has 1 aromatic carbocycles. The molecule has 0 aliphatic carbocycles. The Hall–Kier alpha value is -1.39. The molecular weight excluding hydrogens is 240 g/mol. The predicted octanol–water partition coefficient (Wildman–Crippen LogP) is 1.32. The van der Waals surface area contributed by atoms with Crippen molar-refractivity contribution in [3.05, 3.63) is 35.9 Å². The summed E-state index contributed by atoms with van der Waals surface area (Å²) in [5.41, 5.74) is 0.667. The minimum absolute atomic E-state index is 0.00170. The monoisotopic (exact) mass is 262 g/mol. The first-order valence-electron chi connectivity index (χ1n) is 6.68. The molecule has 19 heavy (non-hydrogen) atoms. The molecule has 1 unspecified atom stereocenters. The van der Waals surface area contributed by atoms with Crippen molar-refractivity contribution < 1.29 is 9.90 Å². The molecule has 3 atom stereocenters. The first-order chi connectivity index (χ1) is 8.94. The Bertz CT molecular complexity index is 445. The highest BCUT2D eigenvalue weighted by atomic mass is 16.3. The molecular formula is C15H22N2O2. The lowest BCUT2D eigenvalue weighted by Gasteiger charge is -2.24. The number of hydrogen-bond donors (Lipinski definition) is 2. The van der Waals surface area contributed by atoms with Gasteiger partial charge in [-0.25, -0.2) is 0 Å². The predicted molar refractivity (Wildman–Crippen MR) is 74.7 cm³/mol. The van der Waals surface area contributed by atoms with Crippen molar-refractivity contribution in [1.82, 2.24) is 10.2 Å². The lowest BCUT2D eigenvalue weighted by molar-refractivity contribution is -0.123. The van der Waals surface area contributed by atoms with Gasteiger partial charge in [0.2, 0.25) is 5.91 Å². The maximum Gasteiger partial charge on any atom is 0.239 e. The number of nitrogens with one attached hydrogen (secondary N) is 1. The molecule has 0 bridgehead atoms. The molecule has 2 N–H and O–H groups in total. The molecule has 1 aliphatic heterocycles. The van der Waals surface area contributed by atoms with Gasteiger partial charge in [0, 0.05) is 12.6 Å². The molecule has 1 saturated heterocycles. The van der Waals surface area contributed by atoms with Crippen LogP contribution in [0.15, 0.2) is 30.3 Å². The van der Waals surface area contributed by atoms with Gasteiger partial charge in [-0.3, -0.25) is 9.69 Å². The number of aliphatic hydroxyl groups excluding tert-OH is 1. The third kappa shape index (κ3) is 3.33. The zero-order chi connectivity index (χ0) is 14.0. The largest absolute Gasteiger partial charge is 0.394 e. The van der Waals surface area contributed by atoms with E-state index in [1.807, 2.05) is 32.0 Å². The molecule has 1 fully saturated rings. The topological polar surface area (TPSA) is 52.3 Å². The fraction of sp³-hybridized carbons (Fsp3) is 0.533. The average molecular weight is 262 g/mol. The van der Waals surface area contributed by atoms with E-state index in [9.17, 15) is 4.79 Å². The fourth-order valence-corrected chi connectivity index (χ4v) is 2.19. The summed E-state index contributed by atoms with van der Waals surface area (Å²) < 4.78 is 0. The Morgan fingerprint density at radius 3 is 2.68 bits per heavy atom. The molecule has 1 aromatic rings. The smallest absolute Gasteiger partial charge is 0.239 e. The van der Waals surface area contributed by atoms with Crippen LogP contribution in [0.3, 0.4) is 0 Å². The molecule has 104 valence electrons. The van der Waals surface area contributed by atoms with Crippen LogP contribution in [0.25, 0.3) is 0 Å². The van der Waals surface area contributed by atoms with Crippen molar-refractivity contribution in [3.63, 3.8) is 0 Å². The Balaban J connectivity index is 1.92. The number of aliphatic hydroxyl groups is 1. The van der Waals surface area contributed by atoms with Crippen LogP contribution >= 0.6 is 0 Å². The van der Waals surface area contributed by atoms with Crippen LogP contribution in [0.4, 0.5) is 0 Å².